The second-order valence-corrected chi connectivity index (χ2v) is 6.41. The van der Waals surface area contributed by atoms with Gasteiger partial charge in [-0.1, -0.05) is 42.5 Å². The third-order valence-electron chi connectivity index (χ3n) is 4.76. The zero-order valence-electron chi connectivity index (χ0n) is 16.5. The van der Waals surface area contributed by atoms with E-state index in [-0.39, 0.29) is 5.91 Å². The van der Waals surface area contributed by atoms with Gasteiger partial charge >= 0.3 is 0 Å². The van der Waals surface area contributed by atoms with Crippen molar-refractivity contribution in [2.45, 2.75) is 19.4 Å². The van der Waals surface area contributed by atoms with E-state index in [4.69, 9.17) is 14.2 Å². The number of amides is 1. The van der Waals surface area contributed by atoms with Gasteiger partial charge in [0.25, 0.3) is 0 Å². The van der Waals surface area contributed by atoms with E-state index in [0.717, 1.165) is 5.56 Å². The highest BCUT2D eigenvalue weighted by Gasteiger charge is 2.16. The summed E-state index contributed by atoms with van der Waals surface area (Å²) in [6, 6.07) is 18.1. The standard InChI is InChI=1S/C23H25NO4/c1-26-20-13-11-18(22(27-2)23(20)28-3)15-24-21(25)14-12-17-9-6-8-16-7-4-5-10-19(16)17/h4-11,13H,12,14-15H2,1-3H3,(H,24,25). The van der Waals surface area contributed by atoms with Crippen LogP contribution in [0.3, 0.4) is 0 Å². The van der Waals surface area contributed by atoms with E-state index in [2.05, 4.69) is 29.6 Å². The van der Waals surface area contributed by atoms with Crippen molar-refractivity contribution in [3.8, 4) is 17.2 Å². The molecule has 3 aromatic carbocycles. The normalized spacial score (nSPS) is 10.5. The molecule has 0 saturated heterocycles. The largest absolute Gasteiger partial charge is 0.493 e. The van der Waals surface area contributed by atoms with Crippen molar-refractivity contribution < 1.29 is 19.0 Å². The molecule has 0 atom stereocenters. The van der Waals surface area contributed by atoms with Gasteiger partial charge in [0.15, 0.2) is 11.5 Å². The minimum absolute atomic E-state index is 0.00947. The van der Waals surface area contributed by atoms with Crippen LogP contribution in [0.1, 0.15) is 17.5 Å². The van der Waals surface area contributed by atoms with Crippen molar-refractivity contribution in [2.24, 2.45) is 0 Å². The van der Waals surface area contributed by atoms with Crippen molar-refractivity contribution in [3.63, 3.8) is 0 Å². The first-order valence-electron chi connectivity index (χ1n) is 9.19. The Morgan fingerprint density at radius 1 is 0.821 bits per heavy atom. The van der Waals surface area contributed by atoms with E-state index < -0.39 is 0 Å². The highest BCUT2D eigenvalue weighted by atomic mass is 16.5. The molecule has 0 saturated carbocycles. The van der Waals surface area contributed by atoms with E-state index in [1.165, 1.54) is 16.3 Å². The van der Waals surface area contributed by atoms with Crippen LogP contribution in [-0.2, 0) is 17.8 Å². The summed E-state index contributed by atoms with van der Waals surface area (Å²) in [4.78, 5) is 12.4. The van der Waals surface area contributed by atoms with Crippen LogP contribution in [0.5, 0.6) is 17.2 Å². The number of methoxy groups -OCH3 is 3. The zero-order valence-corrected chi connectivity index (χ0v) is 16.5. The molecule has 146 valence electrons. The Bertz CT molecular complexity index is 963. The van der Waals surface area contributed by atoms with E-state index in [0.29, 0.717) is 36.6 Å². The molecule has 0 fully saturated rings. The molecule has 5 nitrogen and oxygen atoms in total. The van der Waals surface area contributed by atoms with Crippen LogP contribution in [-0.4, -0.2) is 27.2 Å². The van der Waals surface area contributed by atoms with Gasteiger partial charge in [-0.25, -0.2) is 0 Å². The number of hydrogen-bond donors (Lipinski definition) is 1. The summed E-state index contributed by atoms with van der Waals surface area (Å²) in [7, 11) is 4.71. The molecular formula is C23H25NO4. The summed E-state index contributed by atoms with van der Waals surface area (Å²) in [5.74, 6) is 1.67. The van der Waals surface area contributed by atoms with Crippen molar-refractivity contribution in [1.82, 2.24) is 5.32 Å². The van der Waals surface area contributed by atoms with Crippen LogP contribution >= 0.6 is 0 Å². The lowest BCUT2D eigenvalue weighted by Crippen LogP contribution is -2.23. The summed E-state index contributed by atoms with van der Waals surface area (Å²) < 4.78 is 16.1. The summed E-state index contributed by atoms with van der Waals surface area (Å²) in [6.45, 7) is 0.359. The number of carbonyl (C=O) groups excluding carboxylic acids is 1. The molecule has 0 bridgehead atoms. The lowest BCUT2D eigenvalue weighted by atomic mass is 10.0. The third-order valence-corrected chi connectivity index (χ3v) is 4.76. The van der Waals surface area contributed by atoms with Gasteiger partial charge in [0, 0.05) is 18.5 Å². The number of aryl methyl sites for hydroxylation is 1. The van der Waals surface area contributed by atoms with Crippen LogP contribution in [0.4, 0.5) is 0 Å². The number of carbonyl (C=O) groups is 1. The van der Waals surface area contributed by atoms with Gasteiger partial charge in [-0.05, 0) is 34.9 Å². The van der Waals surface area contributed by atoms with Crippen molar-refractivity contribution in [2.75, 3.05) is 21.3 Å². The molecular weight excluding hydrogens is 354 g/mol. The van der Waals surface area contributed by atoms with Gasteiger partial charge in [0.2, 0.25) is 11.7 Å². The summed E-state index contributed by atoms with van der Waals surface area (Å²) in [6.07, 6.45) is 1.11. The molecule has 0 radical (unpaired) electrons. The molecule has 0 aliphatic rings. The molecule has 0 aliphatic heterocycles. The van der Waals surface area contributed by atoms with E-state index in [1.54, 1.807) is 27.4 Å². The minimum Gasteiger partial charge on any atom is -0.493 e. The van der Waals surface area contributed by atoms with Crippen molar-refractivity contribution in [1.29, 1.82) is 0 Å². The van der Waals surface area contributed by atoms with Gasteiger partial charge in [-0.2, -0.15) is 0 Å². The molecule has 1 amide bonds. The van der Waals surface area contributed by atoms with Gasteiger partial charge in [-0.15, -0.1) is 0 Å². The van der Waals surface area contributed by atoms with Crippen molar-refractivity contribution in [3.05, 3.63) is 65.7 Å². The Kier molecular flexibility index (Phi) is 6.37. The first kappa shape index (κ1) is 19.5. The minimum atomic E-state index is -0.00947. The monoisotopic (exact) mass is 379 g/mol. The van der Waals surface area contributed by atoms with Crippen LogP contribution in [0.15, 0.2) is 54.6 Å². The molecule has 3 rings (SSSR count). The quantitative estimate of drug-likeness (QED) is 0.640. The average molecular weight is 379 g/mol. The number of benzene rings is 3. The highest BCUT2D eigenvalue weighted by Crippen LogP contribution is 2.39. The Hall–Kier alpha value is -3.21. The Morgan fingerprint density at radius 3 is 2.32 bits per heavy atom. The van der Waals surface area contributed by atoms with Crippen LogP contribution in [0.2, 0.25) is 0 Å². The number of rotatable bonds is 8. The fourth-order valence-corrected chi connectivity index (χ4v) is 3.34. The first-order valence-corrected chi connectivity index (χ1v) is 9.19. The smallest absolute Gasteiger partial charge is 0.220 e. The molecule has 3 aromatic rings. The molecule has 0 spiro atoms. The Balaban J connectivity index is 1.65. The average Bonchev–Trinajstić information content (AvgIpc) is 2.75. The van der Waals surface area contributed by atoms with E-state index in [1.807, 2.05) is 24.3 Å². The Labute approximate surface area is 165 Å². The Morgan fingerprint density at radius 2 is 1.57 bits per heavy atom. The number of hydrogen-bond acceptors (Lipinski definition) is 4. The van der Waals surface area contributed by atoms with Gasteiger partial charge in [-0.3, -0.25) is 4.79 Å². The lowest BCUT2D eigenvalue weighted by molar-refractivity contribution is -0.121. The third kappa shape index (κ3) is 4.19. The van der Waals surface area contributed by atoms with Crippen molar-refractivity contribution >= 4 is 16.7 Å². The maximum Gasteiger partial charge on any atom is 0.220 e. The predicted octanol–water partition coefficient (Wildman–Crippen LogP) is 4.11. The molecule has 28 heavy (non-hydrogen) atoms. The second kappa shape index (κ2) is 9.13. The molecule has 0 aliphatic carbocycles. The fraction of sp³-hybridized carbons (Fsp3) is 0.261. The predicted molar refractivity (Wildman–Crippen MR) is 110 cm³/mol. The number of nitrogens with one attached hydrogen (secondary N) is 1. The maximum absolute atomic E-state index is 12.4. The number of ether oxygens (including phenoxy) is 3. The van der Waals surface area contributed by atoms with Gasteiger partial charge < -0.3 is 19.5 Å². The second-order valence-electron chi connectivity index (χ2n) is 6.41. The summed E-state index contributed by atoms with van der Waals surface area (Å²) in [5, 5.41) is 5.35. The van der Waals surface area contributed by atoms with E-state index in [9.17, 15) is 4.79 Å². The molecule has 0 heterocycles. The highest BCUT2D eigenvalue weighted by molar-refractivity contribution is 5.86. The first-order chi connectivity index (χ1) is 13.7. The molecule has 5 heteroatoms. The van der Waals surface area contributed by atoms with Gasteiger partial charge in [0.05, 0.1) is 21.3 Å². The summed E-state index contributed by atoms with van der Waals surface area (Å²) in [5.41, 5.74) is 2.01. The molecule has 0 aromatic heterocycles. The van der Waals surface area contributed by atoms with Crippen LogP contribution in [0, 0.1) is 0 Å². The lowest BCUT2D eigenvalue weighted by Gasteiger charge is -2.16. The number of fused-ring (bicyclic) bond motifs is 1. The summed E-state index contributed by atoms with van der Waals surface area (Å²) >= 11 is 0. The molecule has 1 N–H and O–H groups in total. The SMILES string of the molecule is COc1ccc(CNC(=O)CCc2cccc3ccccc23)c(OC)c1OC. The zero-order chi connectivity index (χ0) is 19.9. The maximum atomic E-state index is 12.4. The van der Waals surface area contributed by atoms with Crippen LogP contribution < -0.4 is 19.5 Å². The molecule has 0 unspecified atom stereocenters. The van der Waals surface area contributed by atoms with Crippen LogP contribution in [0.25, 0.3) is 10.8 Å². The fourth-order valence-electron chi connectivity index (χ4n) is 3.34. The van der Waals surface area contributed by atoms with E-state index >= 15 is 0 Å². The van der Waals surface area contributed by atoms with Gasteiger partial charge in [0.1, 0.15) is 0 Å². The topological polar surface area (TPSA) is 56.8 Å².